The average Bonchev–Trinajstić information content (AvgIpc) is 2.86. The fourth-order valence-electron chi connectivity index (χ4n) is 3.55. The fraction of sp³-hybridized carbons (Fsp3) is 0.154. The second-order valence-corrected chi connectivity index (χ2v) is 7.66. The molecule has 0 bridgehead atoms. The lowest BCUT2D eigenvalue weighted by molar-refractivity contribution is -0.136. The minimum absolute atomic E-state index is 0.0359. The Morgan fingerprint density at radius 3 is 2.24 bits per heavy atom. The van der Waals surface area contributed by atoms with Gasteiger partial charge in [0.05, 0.1) is 18.2 Å². The van der Waals surface area contributed by atoms with Gasteiger partial charge < -0.3 is 26.0 Å². The van der Waals surface area contributed by atoms with Crippen molar-refractivity contribution in [3.8, 4) is 11.5 Å². The standard InChI is InChI=1S/C26H24N2O5/c27-21(14-29)25(30)24-20-8-4-3-6-17(20)10-12-23(24)33-26(31)22(28)15-32-19-11-9-16-5-1-2-7-18(16)13-19/h1-13,21-22,29H,14-15,27-28H2/t21-,22-/m0/s1. The topological polar surface area (TPSA) is 125 Å². The SMILES string of the molecule is N[C@@H](COc1ccc2ccccc2c1)C(=O)Oc1ccc2ccccc2c1C(=O)[C@@H](N)CO. The van der Waals surface area contributed by atoms with Gasteiger partial charge in [0.1, 0.15) is 24.1 Å². The molecule has 0 saturated heterocycles. The van der Waals surface area contributed by atoms with Crippen LogP contribution in [0.2, 0.25) is 0 Å². The van der Waals surface area contributed by atoms with E-state index in [0.717, 1.165) is 16.2 Å². The second-order valence-electron chi connectivity index (χ2n) is 7.66. The maximum absolute atomic E-state index is 12.8. The zero-order valence-corrected chi connectivity index (χ0v) is 17.8. The zero-order valence-electron chi connectivity index (χ0n) is 17.8. The van der Waals surface area contributed by atoms with E-state index in [-0.39, 0.29) is 17.9 Å². The molecule has 0 aliphatic heterocycles. The highest BCUT2D eigenvalue weighted by atomic mass is 16.5. The molecule has 7 heteroatoms. The van der Waals surface area contributed by atoms with Gasteiger partial charge in [-0.05, 0) is 39.7 Å². The van der Waals surface area contributed by atoms with Crippen LogP contribution < -0.4 is 20.9 Å². The van der Waals surface area contributed by atoms with Crippen molar-refractivity contribution in [2.24, 2.45) is 11.5 Å². The quantitative estimate of drug-likeness (QED) is 0.217. The molecule has 7 nitrogen and oxygen atoms in total. The number of rotatable bonds is 8. The predicted octanol–water partition coefficient (Wildman–Crippen LogP) is 2.81. The fourth-order valence-corrected chi connectivity index (χ4v) is 3.55. The third kappa shape index (κ3) is 4.85. The van der Waals surface area contributed by atoms with E-state index in [9.17, 15) is 14.7 Å². The van der Waals surface area contributed by atoms with Crippen LogP contribution in [0.4, 0.5) is 0 Å². The van der Waals surface area contributed by atoms with Crippen molar-refractivity contribution in [3.05, 3.63) is 84.4 Å². The number of aliphatic hydroxyl groups is 1. The van der Waals surface area contributed by atoms with E-state index in [1.165, 1.54) is 6.07 Å². The summed E-state index contributed by atoms with van der Waals surface area (Å²) in [5, 5.41) is 12.8. The molecular weight excluding hydrogens is 420 g/mol. The molecule has 0 aromatic heterocycles. The van der Waals surface area contributed by atoms with Crippen LogP contribution in [0.5, 0.6) is 11.5 Å². The number of carbonyl (C=O) groups excluding carboxylic acids is 2. The molecule has 2 atom stereocenters. The Hall–Kier alpha value is -3.78. The number of nitrogens with two attached hydrogens (primary N) is 2. The summed E-state index contributed by atoms with van der Waals surface area (Å²) < 4.78 is 11.2. The zero-order chi connectivity index (χ0) is 23.4. The number of Topliss-reactive ketones (excluding diaryl/α,β-unsaturated/α-hetero) is 1. The summed E-state index contributed by atoms with van der Waals surface area (Å²) >= 11 is 0. The summed E-state index contributed by atoms with van der Waals surface area (Å²) in [7, 11) is 0. The summed E-state index contributed by atoms with van der Waals surface area (Å²) in [5.74, 6) is -0.669. The molecule has 4 aromatic carbocycles. The van der Waals surface area contributed by atoms with E-state index in [0.29, 0.717) is 11.1 Å². The highest BCUT2D eigenvalue weighted by Gasteiger charge is 2.25. The number of hydrogen-bond donors (Lipinski definition) is 3. The summed E-state index contributed by atoms with van der Waals surface area (Å²) in [6.07, 6.45) is 0. The van der Waals surface area contributed by atoms with Crippen LogP contribution in [0.1, 0.15) is 10.4 Å². The number of ether oxygens (including phenoxy) is 2. The first-order valence-electron chi connectivity index (χ1n) is 10.5. The molecule has 0 spiro atoms. The van der Waals surface area contributed by atoms with Crippen molar-refractivity contribution in [2.45, 2.75) is 12.1 Å². The Kier molecular flexibility index (Phi) is 6.65. The molecule has 4 aromatic rings. The Morgan fingerprint density at radius 2 is 1.48 bits per heavy atom. The highest BCUT2D eigenvalue weighted by molar-refractivity contribution is 6.13. The molecule has 0 aliphatic carbocycles. The first-order chi connectivity index (χ1) is 16.0. The monoisotopic (exact) mass is 444 g/mol. The lowest BCUT2D eigenvalue weighted by Crippen LogP contribution is -2.40. The maximum Gasteiger partial charge on any atom is 0.331 e. The van der Waals surface area contributed by atoms with Crippen molar-refractivity contribution in [1.82, 2.24) is 0 Å². The summed E-state index contributed by atoms with van der Waals surface area (Å²) in [5.41, 5.74) is 11.9. The van der Waals surface area contributed by atoms with E-state index >= 15 is 0 Å². The second kappa shape index (κ2) is 9.79. The van der Waals surface area contributed by atoms with Crippen LogP contribution in [-0.2, 0) is 4.79 Å². The van der Waals surface area contributed by atoms with Crippen LogP contribution >= 0.6 is 0 Å². The smallest absolute Gasteiger partial charge is 0.331 e. The van der Waals surface area contributed by atoms with E-state index in [1.807, 2.05) is 48.5 Å². The van der Waals surface area contributed by atoms with Gasteiger partial charge in [0.15, 0.2) is 5.78 Å². The van der Waals surface area contributed by atoms with Crippen molar-refractivity contribution in [1.29, 1.82) is 0 Å². The highest BCUT2D eigenvalue weighted by Crippen LogP contribution is 2.29. The van der Waals surface area contributed by atoms with Crippen molar-refractivity contribution in [3.63, 3.8) is 0 Å². The van der Waals surface area contributed by atoms with Crippen LogP contribution in [0.3, 0.4) is 0 Å². The van der Waals surface area contributed by atoms with Gasteiger partial charge in [0.2, 0.25) is 0 Å². The number of hydrogen-bond acceptors (Lipinski definition) is 7. The van der Waals surface area contributed by atoms with E-state index in [2.05, 4.69) is 0 Å². The minimum Gasteiger partial charge on any atom is -0.491 e. The van der Waals surface area contributed by atoms with E-state index in [4.69, 9.17) is 20.9 Å². The molecule has 33 heavy (non-hydrogen) atoms. The predicted molar refractivity (Wildman–Crippen MR) is 126 cm³/mol. The number of ketones is 1. The molecule has 0 unspecified atom stereocenters. The van der Waals surface area contributed by atoms with E-state index < -0.39 is 30.4 Å². The normalized spacial score (nSPS) is 12.9. The first kappa shape index (κ1) is 22.4. The van der Waals surface area contributed by atoms with Crippen LogP contribution in [0.25, 0.3) is 21.5 Å². The lowest BCUT2D eigenvalue weighted by atomic mass is 9.97. The number of benzene rings is 4. The Morgan fingerprint density at radius 1 is 0.818 bits per heavy atom. The van der Waals surface area contributed by atoms with Crippen LogP contribution in [0, 0.1) is 0 Å². The van der Waals surface area contributed by atoms with Gasteiger partial charge in [-0.25, -0.2) is 4.79 Å². The first-order valence-corrected chi connectivity index (χ1v) is 10.5. The van der Waals surface area contributed by atoms with E-state index in [1.54, 1.807) is 24.3 Å². The van der Waals surface area contributed by atoms with Crippen molar-refractivity contribution < 1.29 is 24.2 Å². The molecule has 4 rings (SSSR count). The van der Waals surface area contributed by atoms with Gasteiger partial charge in [-0.15, -0.1) is 0 Å². The van der Waals surface area contributed by atoms with Gasteiger partial charge in [0.25, 0.3) is 0 Å². The maximum atomic E-state index is 12.8. The molecule has 5 N–H and O–H groups in total. The number of aliphatic hydroxyl groups excluding tert-OH is 1. The average molecular weight is 444 g/mol. The summed E-state index contributed by atoms with van der Waals surface area (Å²) in [4.78, 5) is 25.5. The van der Waals surface area contributed by atoms with Crippen LogP contribution in [-0.4, -0.2) is 42.2 Å². The summed E-state index contributed by atoms with van der Waals surface area (Å²) in [6, 6.07) is 21.6. The molecule has 0 radical (unpaired) electrons. The van der Waals surface area contributed by atoms with Gasteiger partial charge in [0, 0.05) is 0 Å². The van der Waals surface area contributed by atoms with Crippen molar-refractivity contribution >= 4 is 33.3 Å². The lowest BCUT2D eigenvalue weighted by Gasteiger charge is -2.17. The third-order valence-electron chi connectivity index (χ3n) is 5.33. The minimum atomic E-state index is -1.14. The summed E-state index contributed by atoms with van der Waals surface area (Å²) in [6.45, 7) is -0.640. The number of carbonyl (C=O) groups is 2. The molecule has 0 aliphatic rings. The number of esters is 1. The Labute approximate surface area is 190 Å². The van der Waals surface area contributed by atoms with Crippen LogP contribution in [0.15, 0.2) is 78.9 Å². The Bertz CT molecular complexity index is 1320. The Balaban J connectivity index is 1.52. The molecule has 0 fully saturated rings. The molecule has 168 valence electrons. The molecule has 0 heterocycles. The van der Waals surface area contributed by atoms with Gasteiger partial charge in [-0.2, -0.15) is 0 Å². The number of fused-ring (bicyclic) bond motifs is 2. The largest absolute Gasteiger partial charge is 0.491 e. The van der Waals surface area contributed by atoms with Gasteiger partial charge in [-0.1, -0.05) is 60.7 Å². The van der Waals surface area contributed by atoms with Gasteiger partial charge in [-0.3, -0.25) is 4.79 Å². The van der Waals surface area contributed by atoms with Gasteiger partial charge >= 0.3 is 5.97 Å². The molecule has 0 saturated carbocycles. The molecule has 0 amide bonds. The molecular formula is C26H24N2O5. The van der Waals surface area contributed by atoms with Crippen molar-refractivity contribution in [2.75, 3.05) is 13.2 Å². The third-order valence-corrected chi connectivity index (χ3v) is 5.33.